The van der Waals surface area contributed by atoms with Crippen molar-refractivity contribution in [3.05, 3.63) is 52.3 Å². The molecule has 6 nitrogen and oxygen atoms in total. The topological polar surface area (TPSA) is 60.7 Å². The summed E-state index contributed by atoms with van der Waals surface area (Å²) in [4.78, 5) is 17.5. The lowest BCUT2D eigenvalue weighted by atomic mass is 9.92. The van der Waals surface area contributed by atoms with E-state index in [1.807, 2.05) is 20.0 Å². The highest BCUT2D eigenvalue weighted by Crippen LogP contribution is 2.26. The maximum atomic E-state index is 12.8. The van der Waals surface area contributed by atoms with Crippen molar-refractivity contribution in [2.24, 2.45) is 7.05 Å². The van der Waals surface area contributed by atoms with Gasteiger partial charge in [0.25, 0.3) is 5.91 Å². The number of carbonyl (C=O) groups is 1. The van der Waals surface area contributed by atoms with Gasteiger partial charge >= 0.3 is 0 Å². The summed E-state index contributed by atoms with van der Waals surface area (Å²) in [5.74, 6) is -0.118. The number of carbonyl (C=O) groups excluding carboxylic acids is 1. The molecule has 1 aliphatic rings. The first-order chi connectivity index (χ1) is 15.0. The smallest absolute Gasteiger partial charge is 0.253 e. The van der Waals surface area contributed by atoms with Crippen LogP contribution in [0.5, 0.6) is 0 Å². The number of piperazine rings is 1. The molecule has 1 aromatic heterocycles. The van der Waals surface area contributed by atoms with E-state index < -0.39 is 6.10 Å². The quantitative estimate of drug-likeness (QED) is 0.724. The molecule has 1 atom stereocenters. The Morgan fingerprint density at radius 1 is 1.12 bits per heavy atom. The van der Waals surface area contributed by atoms with Crippen molar-refractivity contribution in [2.75, 3.05) is 44.2 Å². The molecule has 176 valence electrons. The van der Waals surface area contributed by atoms with Crippen LogP contribution in [0.25, 0.3) is 0 Å². The predicted molar refractivity (Wildman–Crippen MR) is 132 cm³/mol. The Bertz CT molecular complexity index is 949. The van der Waals surface area contributed by atoms with Crippen molar-refractivity contribution in [1.29, 1.82) is 0 Å². The van der Waals surface area contributed by atoms with Crippen molar-refractivity contribution in [3.8, 4) is 0 Å². The molecular formula is C26H40N4O2. The van der Waals surface area contributed by atoms with Crippen LogP contribution in [0.15, 0.2) is 24.3 Å². The van der Waals surface area contributed by atoms with Crippen LogP contribution in [-0.4, -0.2) is 65.9 Å². The fourth-order valence-electron chi connectivity index (χ4n) is 4.57. The summed E-state index contributed by atoms with van der Waals surface area (Å²) in [6.45, 7) is 17.3. The number of anilines is 1. The van der Waals surface area contributed by atoms with E-state index >= 15 is 0 Å². The lowest BCUT2D eigenvalue weighted by Crippen LogP contribution is -2.50. The Balaban J connectivity index is 1.49. The maximum absolute atomic E-state index is 12.8. The van der Waals surface area contributed by atoms with Gasteiger partial charge < -0.3 is 19.9 Å². The summed E-state index contributed by atoms with van der Waals surface area (Å²) >= 11 is 0. The Hall–Kier alpha value is -2.31. The van der Waals surface area contributed by atoms with E-state index in [1.165, 1.54) is 16.8 Å². The molecule has 1 aromatic carbocycles. The summed E-state index contributed by atoms with van der Waals surface area (Å²) < 4.78 is 2.08. The predicted octanol–water partition coefficient (Wildman–Crippen LogP) is 3.16. The number of nitrogens with zero attached hydrogens (tertiary/aromatic N) is 3. The third-order valence-corrected chi connectivity index (χ3v) is 6.80. The number of aliphatic hydroxyl groups excluding tert-OH is 1. The molecule has 2 aromatic rings. The van der Waals surface area contributed by atoms with Crippen molar-refractivity contribution in [3.63, 3.8) is 0 Å². The second-order valence-electron chi connectivity index (χ2n) is 10.2. The molecule has 1 fully saturated rings. The Morgan fingerprint density at radius 2 is 1.78 bits per heavy atom. The van der Waals surface area contributed by atoms with Crippen LogP contribution in [0.3, 0.4) is 0 Å². The number of rotatable bonds is 6. The van der Waals surface area contributed by atoms with Gasteiger partial charge in [-0.2, -0.15) is 0 Å². The minimum absolute atomic E-state index is 0.0311. The van der Waals surface area contributed by atoms with Crippen molar-refractivity contribution >= 4 is 11.6 Å². The van der Waals surface area contributed by atoms with Crippen molar-refractivity contribution in [1.82, 2.24) is 14.8 Å². The van der Waals surface area contributed by atoms with Gasteiger partial charge in [-0.25, -0.2) is 0 Å². The molecule has 0 bridgehead atoms. The van der Waals surface area contributed by atoms with E-state index in [9.17, 15) is 9.90 Å². The number of β-amino-alcohol motifs (C(OH)–C–C–N with tert-alkyl or cyclic N) is 1. The zero-order valence-electron chi connectivity index (χ0n) is 20.8. The normalized spacial score (nSPS) is 16.3. The summed E-state index contributed by atoms with van der Waals surface area (Å²) in [7, 11) is 2.00. The molecule has 6 heteroatoms. The second kappa shape index (κ2) is 9.67. The highest BCUT2D eigenvalue weighted by atomic mass is 16.3. The number of amides is 1. The van der Waals surface area contributed by atoms with E-state index in [-0.39, 0.29) is 17.9 Å². The molecule has 0 radical (unpaired) electrons. The van der Waals surface area contributed by atoms with Crippen LogP contribution in [0.1, 0.15) is 53.6 Å². The van der Waals surface area contributed by atoms with Gasteiger partial charge in [-0.1, -0.05) is 32.9 Å². The molecule has 3 rings (SSSR count). The number of aryl methyl sites for hydroxylation is 1. The Kier molecular flexibility index (Phi) is 7.36. The third-order valence-electron chi connectivity index (χ3n) is 6.80. The number of aromatic nitrogens is 1. The molecular weight excluding hydrogens is 400 g/mol. The molecule has 2 N–H and O–H groups in total. The minimum atomic E-state index is -0.586. The van der Waals surface area contributed by atoms with Crippen LogP contribution in [0.4, 0.5) is 5.69 Å². The van der Waals surface area contributed by atoms with E-state index in [0.29, 0.717) is 12.1 Å². The van der Waals surface area contributed by atoms with Gasteiger partial charge in [0.2, 0.25) is 0 Å². The Labute approximate surface area is 193 Å². The van der Waals surface area contributed by atoms with Gasteiger partial charge in [-0.15, -0.1) is 0 Å². The molecule has 32 heavy (non-hydrogen) atoms. The van der Waals surface area contributed by atoms with Crippen LogP contribution in [0, 0.1) is 20.8 Å². The number of aliphatic hydroxyl groups is 1. The molecule has 1 amide bonds. The van der Waals surface area contributed by atoms with E-state index in [0.717, 1.165) is 37.6 Å². The number of nitrogens with one attached hydrogen (secondary N) is 1. The Morgan fingerprint density at radius 3 is 2.38 bits per heavy atom. The fraction of sp³-hybridized carbons (Fsp3) is 0.577. The summed E-state index contributed by atoms with van der Waals surface area (Å²) in [5.41, 5.74) is 6.70. The molecule has 0 saturated carbocycles. The van der Waals surface area contributed by atoms with Gasteiger partial charge in [-0.3, -0.25) is 9.69 Å². The second-order valence-corrected chi connectivity index (χ2v) is 10.2. The van der Waals surface area contributed by atoms with E-state index in [1.54, 1.807) is 0 Å². The third kappa shape index (κ3) is 5.36. The van der Waals surface area contributed by atoms with Crippen LogP contribution >= 0.6 is 0 Å². The monoisotopic (exact) mass is 440 g/mol. The van der Waals surface area contributed by atoms with Gasteiger partial charge in [0.05, 0.1) is 11.7 Å². The zero-order valence-corrected chi connectivity index (χ0v) is 20.8. The molecule has 1 aliphatic heterocycles. The van der Waals surface area contributed by atoms with E-state index in [2.05, 4.69) is 72.5 Å². The number of benzene rings is 1. The molecule has 0 spiro atoms. The number of hydrogen-bond donors (Lipinski definition) is 2. The lowest BCUT2D eigenvalue weighted by molar-refractivity contribution is 0.0851. The highest BCUT2D eigenvalue weighted by molar-refractivity contribution is 5.95. The van der Waals surface area contributed by atoms with Gasteiger partial charge in [0.1, 0.15) is 0 Å². The van der Waals surface area contributed by atoms with Crippen LogP contribution in [0.2, 0.25) is 0 Å². The fourth-order valence-corrected chi connectivity index (χ4v) is 4.57. The van der Waals surface area contributed by atoms with Gasteiger partial charge in [-0.05, 0) is 44.0 Å². The summed E-state index contributed by atoms with van der Waals surface area (Å²) in [6, 6.07) is 8.44. The average Bonchev–Trinajstić information content (AvgIpc) is 3.04. The lowest BCUT2D eigenvalue weighted by Gasteiger charge is -2.37. The zero-order chi connectivity index (χ0) is 23.6. The average molecular weight is 441 g/mol. The maximum Gasteiger partial charge on any atom is 0.253 e. The van der Waals surface area contributed by atoms with Gasteiger partial charge in [0, 0.05) is 68.8 Å². The van der Waals surface area contributed by atoms with Crippen LogP contribution in [-0.2, 0) is 12.5 Å². The standard InChI is InChI=1S/C26H40N4O2/c1-18-9-8-10-23(19(18)2)30-13-11-29(12-14-30)17-21(31)16-27-25(32)22-15-24(26(4,5)6)28(7)20(22)3/h8-10,15,21,31H,11-14,16-17H2,1-7H3,(H,27,32). The molecule has 0 aliphatic carbocycles. The van der Waals surface area contributed by atoms with Crippen molar-refractivity contribution < 1.29 is 9.90 Å². The van der Waals surface area contributed by atoms with Gasteiger partial charge in [0.15, 0.2) is 0 Å². The van der Waals surface area contributed by atoms with Crippen LogP contribution < -0.4 is 10.2 Å². The highest BCUT2D eigenvalue weighted by Gasteiger charge is 2.24. The summed E-state index contributed by atoms with van der Waals surface area (Å²) in [5, 5.41) is 13.5. The minimum Gasteiger partial charge on any atom is -0.390 e. The van der Waals surface area contributed by atoms with E-state index in [4.69, 9.17) is 0 Å². The summed E-state index contributed by atoms with van der Waals surface area (Å²) in [6.07, 6.45) is -0.586. The first-order valence-corrected chi connectivity index (χ1v) is 11.7. The SMILES string of the molecule is Cc1cccc(N2CCN(CC(O)CNC(=O)c3cc(C(C)(C)C)n(C)c3C)CC2)c1C. The first kappa shape index (κ1) is 24.3. The number of hydrogen-bond acceptors (Lipinski definition) is 4. The first-order valence-electron chi connectivity index (χ1n) is 11.7. The molecule has 2 heterocycles. The molecule has 1 saturated heterocycles. The molecule has 1 unspecified atom stereocenters. The van der Waals surface area contributed by atoms with Crippen molar-refractivity contribution in [2.45, 2.75) is 53.1 Å². The largest absolute Gasteiger partial charge is 0.390 e.